The maximum Gasteiger partial charge on any atom is 0.123 e. The van der Waals surface area contributed by atoms with Crippen LogP contribution in [0.2, 0.25) is 0 Å². The molecule has 0 heterocycles. The maximum absolute atomic E-state index is 10.0. The van der Waals surface area contributed by atoms with Gasteiger partial charge in [0, 0.05) is 10.9 Å². The third kappa shape index (κ3) is 2.30. The van der Waals surface area contributed by atoms with Crippen molar-refractivity contribution in [3.8, 4) is 5.75 Å². The molecular formula is C12H17BrO. The normalized spacial score (nSPS) is 11.8. The first-order valence-electron chi connectivity index (χ1n) is 4.75. The van der Waals surface area contributed by atoms with Crippen LogP contribution in [0.1, 0.15) is 37.5 Å². The summed E-state index contributed by atoms with van der Waals surface area (Å²) in [4.78, 5) is 0. The molecule has 0 aromatic heterocycles. The minimum Gasteiger partial charge on any atom is -0.507 e. The molecule has 1 aromatic carbocycles. The Morgan fingerprint density at radius 1 is 1.29 bits per heavy atom. The van der Waals surface area contributed by atoms with Gasteiger partial charge in [-0.3, -0.25) is 0 Å². The minimum absolute atomic E-state index is 0.00692. The Bertz CT molecular complexity index is 337. The van der Waals surface area contributed by atoms with Gasteiger partial charge in [0.25, 0.3) is 0 Å². The smallest absolute Gasteiger partial charge is 0.123 e. The monoisotopic (exact) mass is 256 g/mol. The summed E-state index contributed by atoms with van der Waals surface area (Å²) >= 11 is 3.38. The highest BCUT2D eigenvalue weighted by molar-refractivity contribution is 9.08. The van der Waals surface area contributed by atoms with Crippen molar-refractivity contribution in [2.24, 2.45) is 0 Å². The molecular weight excluding hydrogens is 240 g/mol. The summed E-state index contributed by atoms with van der Waals surface area (Å²) in [6.07, 6.45) is 0. The average Bonchev–Trinajstić information content (AvgIpc) is 2.06. The molecule has 1 N–H and O–H groups in total. The Morgan fingerprint density at radius 3 is 2.29 bits per heavy atom. The molecule has 1 nitrogen and oxygen atoms in total. The van der Waals surface area contributed by atoms with E-state index >= 15 is 0 Å². The fraction of sp³-hybridized carbons (Fsp3) is 0.500. The average molecular weight is 257 g/mol. The van der Waals surface area contributed by atoms with Crippen LogP contribution in [0.15, 0.2) is 12.1 Å². The van der Waals surface area contributed by atoms with Crippen LogP contribution in [0.3, 0.4) is 0 Å². The van der Waals surface area contributed by atoms with Gasteiger partial charge in [-0.1, -0.05) is 54.4 Å². The van der Waals surface area contributed by atoms with Gasteiger partial charge < -0.3 is 5.11 Å². The zero-order valence-electron chi connectivity index (χ0n) is 9.19. The summed E-state index contributed by atoms with van der Waals surface area (Å²) in [5, 5.41) is 10.7. The molecule has 0 unspecified atom stereocenters. The number of rotatable bonds is 1. The van der Waals surface area contributed by atoms with E-state index in [-0.39, 0.29) is 5.41 Å². The van der Waals surface area contributed by atoms with E-state index in [0.717, 1.165) is 11.1 Å². The first-order valence-corrected chi connectivity index (χ1v) is 5.87. The Labute approximate surface area is 94.3 Å². The predicted molar refractivity (Wildman–Crippen MR) is 64.2 cm³/mol. The Balaban J connectivity index is 3.37. The lowest BCUT2D eigenvalue weighted by Crippen LogP contribution is -2.12. The molecule has 0 aliphatic heterocycles. The van der Waals surface area contributed by atoms with Gasteiger partial charge in [0.1, 0.15) is 5.75 Å². The summed E-state index contributed by atoms with van der Waals surface area (Å²) < 4.78 is 0. The van der Waals surface area contributed by atoms with Crippen LogP contribution in [0.4, 0.5) is 0 Å². The number of aryl methyl sites for hydroxylation is 1. The number of benzene rings is 1. The van der Waals surface area contributed by atoms with Gasteiger partial charge in [0.05, 0.1) is 0 Å². The highest BCUT2D eigenvalue weighted by atomic mass is 79.9. The van der Waals surface area contributed by atoms with Gasteiger partial charge in [-0.25, -0.2) is 0 Å². The van der Waals surface area contributed by atoms with Crippen LogP contribution in [0, 0.1) is 6.92 Å². The van der Waals surface area contributed by atoms with Crippen molar-refractivity contribution in [2.45, 2.75) is 38.4 Å². The van der Waals surface area contributed by atoms with Crippen LogP contribution < -0.4 is 0 Å². The molecule has 2 heteroatoms. The quantitative estimate of drug-likeness (QED) is 0.756. The van der Waals surface area contributed by atoms with Crippen molar-refractivity contribution in [3.63, 3.8) is 0 Å². The molecule has 0 atom stereocenters. The zero-order valence-corrected chi connectivity index (χ0v) is 10.8. The third-order valence-corrected chi connectivity index (χ3v) is 2.89. The number of alkyl halides is 1. The topological polar surface area (TPSA) is 20.2 Å². The summed E-state index contributed by atoms with van der Waals surface area (Å²) in [6, 6.07) is 4.07. The number of hydrogen-bond donors (Lipinski definition) is 1. The molecule has 78 valence electrons. The van der Waals surface area contributed by atoms with Crippen LogP contribution in [-0.4, -0.2) is 5.11 Å². The fourth-order valence-electron chi connectivity index (χ4n) is 1.53. The predicted octanol–water partition coefficient (Wildman–Crippen LogP) is 3.89. The number of halogens is 1. The number of phenolic OH excluding ortho intramolecular Hbond substituents is 1. The van der Waals surface area contributed by atoms with Gasteiger partial charge in [-0.2, -0.15) is 0 Å². The third-order valence-electron chi connectivity index (χ3n) is 2.29. The first kappa shape index (κ1) is 11.6. The molecule has 14 heavy (non-hydrogen) atoms. The van der Waals surface area contributed by atoms with E-state index in [2.05, 4.69) is 49.7 Å². The Morgan fingerprint density at radius 2 is 1.86 bits per heavy atom. The largest absolute Gasteiger partial charge is 0.507 e. The lowest BCUT2D eigenvalue weighted by molar-refractivity contribution is 0.442. The van der Waals surface area contributed by atoms with Crippen LogP contribution in [0.25, 0.3) is 0 Å². The van der Waals surface area contributed by atoms with Crippen molar-refractivity contribution in [1.29, 1.82) is 0 Å². The van der Waals surface area contributed by atoms with E-state index in [0.29, 0.717) is 11.1 Å². The second kappa shape index (κ2) is 3.93. The lowest BCUT2D eigenvalue weighted by Gasteiger charge is -2.22. The van der Waals surface area contributed by atoms with Crippen molar-refractivity contribution in [1.82, 2.24) is 0 Å². The van der Waals surface area contributed by atoms with Gasteiger partial charge in [-0.15, -0.1) is 0 Å². The molecule has 0 bridgehead atoms. The van der Waals surface area contributed by atoms with Crippen molar-refractivity contribution >= 4 is 15.9 Å². The molecule has 0 saturated heterocycles. The highest BCUT2D eigenvalue weighted by Crippen LogP contribution is 2.35. The van der Waals surface area contributed by atoms with Crippen molar-refractivity contribution in [3.05, 3.63) is 28.8 Å². The SMILES string of the molecule is Cc1cc(CBr)c(O)c(C(C)(C)C)c1. The standard InChI is InChI=1S/C12H17BrO/c1-8-5-9(7-13)11(14)10(6-8)12(2,3)4/h5-6,14H,7H2,1-4H3. The summed E-state index contributed by atoms with van der Waals surface area (Å²) in [6.45, 7) is 8.39. The summed E-state index contributed by atoms with van der Waals surface area (Å²) in [5.74, 6) is 0.431. The lowest BCUT2D eigenvalue weighted by atomic mass is 9.84. The van der Waals surface area contributed by atoms with Gasteiger partial charge in [-0.05, 0) is 17.9 Å². The zero-order chi connectivity index (χ0) is 10.9. The number of phenols is 1. The molecule has 0 spiro atoms. The molecule has 1 aromatic rings. The minimum atomic E-state index is -0.00692. The molecule has 0 radical (unpaired) electrons. The van der Waals surface area contributed by atoms with E-state index in [1.807, 2.05) is 6.07 Å². The molecule has 0 aliphatic rings. The summed E-state index contributed by atoms with van der Waals surface area (Å²) in [7, 11) is 0. The molecule has 0 aliphatic carbocycles. The molecule has 0 amide bonds. The van der Waals surface area contributed by atoms with E-state index in [1.54, 1.807) is 0 Å². The molecule has 0 saturated carbocycles. The van der Waals surface area contributed by atoms with E-state index in [4.69, 9.17) is 0 Å². The van der Waals surface area contributed by atoms with Gasteiger partial charge in [0.2, 0.25) is 0 Å². The van der Waals surface area contributed by atoms with Gasteiger partial charge in [0.15, 0.2) is 0 Å². The second-order valence-electron chi connectivity index (χ2n) is 4.70. The van der Waals surface area contributed by atoms with Crippen molar-refractivity contribution in [2.75, 3.05) is 0 Å². The highest BCUT2D eigenvalue weighted by Gasteiger charge is 2.20. The van der Waals surface area contributed by atoms with Crippen LogP contribution >= 0.6 is 15.9 Å². The van der Waals surface area contributed by atoms with E-state index in [1.165, 1.54) is 5.56 Å². The second-order valence-corrected chi connectivity index (χ2v) is 5.26. The number of hydrogen-bond acceptors (Lipinski definition) is 1. The van der Waals surface area contributed by atoms with Crippen LogP contribution in [0.5, 0.6) is 5.75 Å². The molecule has 1 rings (SSSR count). The van der Waals surface area contributed by atoms with E-state index < -0.39 is 0 Å². The Hall–Kier alpha value is -0.500. The Kier molecular flexibility index (Phi) is 3.25. The van der Waals surface area contributed by atoms with E-state index in [9.17, 15) is 5.11 Å². The van der Waals surface area contributed by atoms with Crippen molar-refractivity contribution < 1.29 is 5.11 Å². The maximum atomic E-state index is 10.0. The summed E-state index contributed by atoms with van der Waals surface area (Å²) in [5.41, 5.74) is 3.18. The fourth-order valence-corrected chi connectivity index (χ4v) is 1.95. The first-order chi connectivity index (χ1) is 6.36. The van der Waals surface area contributed by atoms with Gasteiger partial charge >= 0.3 is 0 Å². The molecule has 0 fully saturated rings. The van der Waals surface area contributed by atoms with Crippen LogP contribution in [-0.2, 0) is 10.7 Å². The number of aromatic hydroxyl groups is 1.